The number of benzene rings is 1. The molecule has 0 atom stereocenters. The van der Waals surface area contributed by atoms with Gasteiger partial charge in [0.15, 0.2) is 10.9 Å². The molecule has 4 heteroatoms. The molecule has 19 heavy (non-hydrogen) atoms. The summed E-state index contributed by atoms with van der Waals surface area (Å²) in [4.78, 5) is 18.1. The number of thiazole rings is 1. The highest BCUT2D eigenvalue weighted by atomic mass is 32.1. The lowest BCUT2D eigenvalue weighted by atomic mass is 10.1. The number of carbonyl (C=O) groups is 1. The SMILES string of the molecule is CC(=O)c1csc(N2CCCCc3ccccc32)n1. The van der Waals surface area contributed by atoms with Gasteiger partial charge in [-0.3, -0.25) is 4.79 Å². The number of nitrogens with zero attached hydrogens (tertiary/aromatic N) is 2. The number of Topliss-reactive ketones (excluding diaryl/α,β-unsaturated/α-hetero) is 1. The van der Waals surface area contributed by atoms with E-state index in [-0.39, 0.29) is 5.78 Å². The third-order valence-corrected chi connectivity index (χ3v) is 4.31. The topological polar surface area (TPSA) is 33.2 Å². The van der Waals surface area contributed by atoms with E-state index < -0.39 is 0 Å². The molecule has 0 radical (unpaired) electrons. The van der Waals surface area contributed by atoms with Crippen molar-refractivity contribution in [3.05, 3.63) is 40.9 Å². The third kappa shape index (κ3) is 2.40. The van der Waals surface area contributed by atoms with E-state index >= 15 is 0 Å². The van der Waals surface area contributed by atoms with Gasteiger partial charge in [-0.1, -0.05) is 18.2 Å². The molecule has 0 spiro atoms. The van der Waals surface area contributed by atoms with Gasteiger partial charge in [-0.15, -0.1) is 11.3 Å². The van der Waals surface area contributed by atoms with Gasteiger partial charge in [-0.05, 0) is 30.9 Å². The minimum absolute atomic E-state index is 0.0330. The molecule has 0 saturated carbocycles. The van der Waals surface area contributed by atoms with Crippen LogP contribution in [0.1, 0.15) is 35.8 Å². The van der Waals surface area contributed by atoms with Gasteiger partial charge in [-0.2, -0.15) is 0 Å². The van der Waals surface area contributed by atoms with E-state index in [0.717, 1.165) is 24.5 Å². The van der Waals surface area contributed by atoms with Crippen LogP contribution in [0.4, 0.5) is 10.8 Å². The number of fused-ring (bicyclic) bond motifs is 1. The lowest BCUT2D eigenvalue weighted by Crippen LogP contribution is -2.17. The van der Waals surface area contributed by atoms with E-state index in [1.54, 1.807) is 18.3 Å². The van der Waals surface area contributed by atoms with Crippen LogP contribution in [0.2, 0.25) is 0 Å². The molecular formula is C15H16N2OS. The first kappa shape index (κ1) is 12.4. The van der Waals surface area contributed by atoms with E-state index in [1.165, 1.54) is 17.7 Å². The second-order valence-electron chi connectivity index (χ2n) is 4.81. The van der Waals surface area contributed by atoms with Crippen LogP contribution >= 0.6 is 11.3 Å². The molecule has 3 nitrogen and oxygen atoms in total. The number of ketones is 1. The predicted molar refractivity (Wildman–Crippen MR) is 78.5 cm³/mol. The van der Waals surface area contributed by atoms with Crippen molar-refractivity contribution < 1.29 is 4.79 Å². The molecule has 0 N–H and O–H groups in total. The maximum absolute atomic E-state index is 11.4. The first-order chi connectivity index (χ1) is 9.25. The van der Waals surface area contributed by atoms with Crippen LogP contribution in [0.3, 0.4) is 0 Å². The molecule has 1 aromatic carbocycles. The summed E-state index contributed by atoms with van der Waals surface area (Å²) in [6.07, 6.45) is 3.49. The lowest BCUT2D eigenvalue weighted by molar-refractivity contribution is 0.101. The summed E-state index contributed by atoms with van der Waals surface area (Å²) in [5, 5.41) is 2.78. The molecule has 3 rings (SSSR count). The van der Waals surface area contributed by atoms with Crippen molar-refractivity contribution in [2.45, 2.75) is 26.2 Å². The third-order valence-electron chi connectivity index (χ3n) is 3.44. The van der Waals surface area contributed by atoms with Crippen LogP contribution < -0.4 is 4.90 Å². The van der Waals surface area contributed by atoms with Crippen LogP contribution in [0, 0.1) is 0 Å². The number of hydrogen-bond acceptors (Lipinski definition) is 4. The fourth-order valence-corrected chi connectivity index (χ4v) is 3.34. The van der Waals surface area contributed by atoms with Gasteiger partial charge in [0, 0.05) is 24.5 Å². The molecule has 98 valence electrons. The molecule has 0 amide bonds. The smallest absolute Gasteiger partial charge is 0.190 e. The van der Waals surface area contributed by atoms with Crippen LogP contribution in [0.25, 0.3) is 0 Å². The number of carbonyl (C=O) groups excluding carboxylic acids is 1. The second kappa shape index (κ2) is 5.13. The largest absolute Gasteiger partial charge is 0.318 e. The Morgan fingerprint density at radius 3 is 2.95 bits per heavy atom. The highest BCUT2D eigenvalue weighted by molar-refractivity contribution is 7.14. The number of aromatic nitrogens is 1. The maximum Gasteiger partial charge on any atom is 0.190 e. The van der Waals surface area contributed by atoms with E-state index in [0.29, 0.717) is 5.69 Å². The first-order valence-electron chi connectivity index (χ1n) is 6.57. The Labute approximate surface area is 116 Å². The summed E-state index contributed by atoms with van der Waals surface area (Å²) in [5.74, 6) is 0.0330. The summed E-state index contributed by atoms with van der Waals surface area (Å²) in [6.45, 7) is 2.54. The molecule has 1 aliphatic heterocycles. The standard InChI is InChI=1S/C15H16N2OS/c1-11(18)13-10-19-15(16-13)17-9-5-4-7-12-6-2-3-8-14(12)17/h2-3,6,8,10H,4-5,7,9H2,1H3. The fraction of sp³-hybridized carbons (Fsp3) is 0.333. The van der Waals surface area contributed by atoms with Crippen LogP contribution in [-0.4, -0.2) is 17.3 Å². The van der Waals surface area contributed by atoms with Gasteiger partial charge in [0.05, 0.1) is 0 Å². The Morgan fingerprint density at radius 2 is 2.16 bits per heavy atom. The number of aryl methyl sites for hydroxylation is 1. The Hall–Kier alpha value is -1.68. The summed E-state index contributed by atoms with van der Waals surface area (Å²) in [6, 6.07) is 8.49. The van der Waals surface area contributed by atoms with Crippen molar-refractivity contribution in [1.29, 1.82) is 0 Å². The monoisotopic (exact) mass is 272 g/mol. The molecular weight excluding hydrogens is 256 g/mol. The molecule has 1 aromatic heterocycles. The average molecular weight is 272 g/mol. The average Bonchev–Trinajstić information content (AvgIpc) is 2.80. The van der Waals surface area contributed by atoms with Crippen LogP contribution in [0.15, 0.2) is 29.6 Å². The quantitative estimate of drug-likeness (QED) is 0.779. The van der Waals surface area contributed by atoms with Gasteiger partial charge in [0.1, 0.15) is 5.69 Å². The number of rotatable bonds is 2. The summed E-state index contributed by atoms with van der Waals surface area (Å²) in [7, 11) is 0. The van der Waals surface area contributed by atoms with Gasteiger partial charge in [0.25, 0.3) is 0 Å². The fourth-order valence-electron chi connectivity index (χ4n) is 2.44. The van der Waals surface area contributed by atoms with Gasteiger partial charge >= 0.3 is 0 Å². The highest BCUT2D eigenvalue weighted by Crippen LogP contribution is 2.34. The highest BCUT2D eigenvalue weighted by Gasteiger charge is 2.19. The van der Waals surface area contributed by atoms with Crippen molar-refractivity contribution in [1.82, 2.24) is 4.98 Å². The normalized spacial score (nSPS) is 14.9. The zero-order chi connectivity index (χ0) is 13.2. The van der Waals surface area contributed by atoms with Crippen molar-refractivity contribution >= 4 is 27.9 Å². The summed E-state index contributed by atoms with van der Waals surface area (Å²) >= 11 is 1.55. The lowest BCUT2D eigenvalue weighted by Gasteiger charge is -2.21. The minimum Gasteiger partial charge on any atom is -0.318 e. The van der Waals surface area contributed by atoms with Crippen LogP contribution in [-0.2, 0) is 6.42 Å². The molecule has 0 unspecified atom stereocenters. The molecule has 2 heterocycles. The molecule has 0 saturated heterocycles. The van der Waals surface area contributed by atoms with Crippen molar-refractivity contribution in [2.24, 2.45) is 0 Å². The summed E-state index contributed by atoms with van der Waals surface area (Å²) < 4.78 is 0. The van der Waals surface area contributed by atoms with Gasteiger partial charge < -0.3 is 4.90 Å². The number of hydrogen-bond donors (Lipinski definition) is 0. The van der Waals surface area contributed by atoms with E-state index in [1.807, 2.05) is 5.38 Å². The van der Waals surface area contributed by atoms with Gasteiger partial charge in [0.2, 0.25) is 0 Å². The zero-order valence-electron chi connectivity index (χ0n) is 10.9. The second-order valence-corrected chi connectivity index (χ2v) is 5.65. The zero-order valence-corrected chi connectivity index (χ0v) is 11.7. The van der Waals surface area contributed by atoms with Crippen molar-refractivity contribution in [3.8, 4) is 0 Å². The Morgan fingerprint density at radius 1 is 1.32 bits per heavy atom. The summed E-state index contributed by atoms with van der Waals surface area (Å²) in [5.41, 5.74) is 3.19. The van der Waals surface area contributed by atoms with E-state index in [4.69, 9.17) is 0 Å². The van der Waals surface area contributed by atoms with Gasteiger partial charge in [-0.25, -0.2) is 4.98 Å². The Bertz CT molecular complexity index is 606. The number of anilines is 2. The molecule has 0 bridgehead atoms. The first-order valence-corrected chi connectivity index (χ1v) is 7.45. The molecule has 1 aliphatic rings. The molecule has 0 aliphatic carbocycles. The Kier molecular flexibility index (Phi) is 3.34. The minimum atomic E-state index is 0.0330. The van der Waals surface area contributed by atoms with Crippen molar-refractivity contribution in [3.63, 3.8) is 0 Å². The maximum atomic E-state index is 11.4. The molecule has 0 fully saturated rings. The molecule has 2 aromatic rings. The van der Waals surface area contributed by atoms with E-state index in [2.05, 4.69) is 34.1 Å². The van der Waals surface area contributed by atoms with E-state index in [9.17, 15) is 4.79 Å². The predicted octanol–water partition coefficient (Wildman–Crippen LogP) is 3.82. The van der Waals surface area contributed by atoms with Crippen LogP contribution in [0.5, 0.6) is 0 Å². The number of para-hydroxylation sites is 1. The van der Waals surface area contributed by atoms with Crippen molar-refractivity contribution in [2.75, 3.05) is 11.4 Å². The Balaban J connectivity index is 2.01.